The molecule has 3 heteroatoms. The number of nitrogens with one attached hydrogen (secondary N) is 1. The summed E-state index contributed by atoms with van der Waals surface area (Å²) in [7, 11) is 0. The van der Waals surface area contributed by atoms with E-state index in [1.165, 1.54) is 0 Å². The second-order valence-electron chi connectivity index (χ2n) is 2.98. The van der Waals surface area contributed by atoms with Gasteiger partial charge in [-0.2, -0.15) is 0 Å². The second-order valence-corrected chi connectivity index (χ2v) is 2.98. The zero-order chi connectivity index (χ0) is 9.68. The molecule has 0 fully saturated rings. The number of carbonyl (C=O) groups is 1. The van der Waals surface area contributed by atoms with E-state index in [9.17, 15) is 4.79 Å². The van der Waals surface area contributed by atoms with Gasteiger partial charge in [-0.25, -0.2) is 0 Å². The Labute approximate surface area is 78.2 Å². The van der Waals surface area contributed by atoms with Crippen molar-refractivity contribution in [3.8, 4) is 0 Å². The van der Waals surface area contributed by atoms with Crippen LogP contribution in [0.25, 0.3) is 0 Å². The van der Waals surface area contributed by atoms with Crippen molar-refractivity contribution in [2.45, 2.75) is 20.3 Å². The van der Waals surface area contributed by atoms with Crippen molar-refractivity contribution in [1.29, 1.82) is 0 Å². The maximum absolute atomic E-state index is 11.3. The number of rotatable bonds is 3. The maximum Gasteiger partial charge on any atom is 0.269 e. The van der Waals surface area contributed by atoms with Crippen molar-refractivity contribution in [3.05, 3.63) is 29.6 Å². The molecule has 13 heavy (non-hydrogen) atoms. The van der Waals surface area contributed by atoms with Gasteiger partial charge in [0.05, 0.1) is 0 Å². The Morgan fingerprint density at radius 3 is 2.85 bits per heavy atom. The lowest BCUT2D eigenvalue weighted by atomic mass is 10.2. The summed E-state index contributed by atoms with van der Waals surface area (Å²) < 4.78 is 0. The summed E-state index contributed by atoms with van der Waals surface area (Å²) in [6.07, 6.45) is 2.64. The fraction of sp³-hybridized carbons (Fsp3) is 0.400. The molecule has 1 rings (SSSR count). The molecule has 0 aliphatic rings. The molecule has 0 aromatic carbocycles. The first-order chi connectivity index (χ1) is 6.24. The monoisotopic (exact) mass is 178 g/mol. The van der Waals surface area contributed by atoms with Crippen LogP contribution in [-0.2, 0) is 0 Å². The smallest absolute Gasteiger partial charge is 0.269 e. The van der Waals surface area contributed by atoms with Crippen LogP contribution in [-0.4, -0.2) is 17.4 Å². The minimum Gasteiger partial charge on any atom is -0.351 e. The van der Waals surface area contributed by atoms with Crippen molar-refractivity contribution in [3.63, 3.8) is 0 Å². The van der Waals surface area contributed by atoms with Crippen LogP contribution in [0.4, 0.5) is 0 Å². The number of amides is 1. The molecule has 1 amide bonds. The number of hydrogen-bond donors (Lipinski definition) is 1. The number of nitrogens with zero attached hydrogens (tertiary/aromatic N) is 1. The third-order valence-corrected chi connectivity index (χ3v) is 1.68. The second kappa shape index (κ2) is 4.60. The molecule has 0 saturated carbocycles. The van der Waals surface area contributed by atoms with Gasteiger partial charge >= 0.3 is 0 Å². The summed E-state index contributed by atoms with van der Waals surface area (Å²) in [6, 6.07) is 3.62. The zero-order valence-corrected chi connectivity index (χ0v) is 8.00. The Morgan fingerprint density at radius 1 is 1.54 bits per heavy atom. The minimum atomic E-state index is -0.0955. The summed E-state index contributed by atoms with van der Waals surface area (Å²) >= 11 is 0. The highest BCUT2D eigenvalue weighted by molar-refractivity contribution is 5.92. The fourth-order valence-electron chi connectivity index (χ4n) is 0.931. The van der Waals surface area contributed by atoms with E-state index in [0.29, 0.717) is 12.2 Å². The molecule has 70 valence electrons. The molecule has 1 aromatic heterocycles. The molecule has 0 unspecified atom stereocenters. The Bertz CT molecular complexity index is 279. The van der Waals surface area contributed by atoms with Gasteiger partial charge in [-0.05, 0) is 25.0 Å². The Hall–Kier alpha value is -1.38. The molecule has 1 N–H and O–H groups in total. The number of pyridine rings is 1. The summed E-state index contributed by atoms with van der Waals surface area (Å²) in [5, 5.41) is 2.77. The summed E-state index contributed by atoms with van der Waals surface area (Å²) in [5.41, 5.74) is 1.55. The molecular weight excluding hydrogens is 164 g/mol. The third kappa shape index (κ3) is 2.86. The summed E-state index contributed by atoms with van der Waals surface area (Å²) in [6.45, 7) is 4.66. The molecule has 0 radical (unpaired) electrons. The molecule has 0 bridgehead atoms. The van der Waals surface area contributed by atoms with Crippen LogP contribution in [0.5, 0.6) is 0 Å². The van der Waals surface area contributed by atoms with Crippen molar-refractivity contribution in [1.82, 2.24) is 10.3 Å². The van der Waals surface area contributed by atoms with Gasteiger partial charge in [-0.1, -0.05) is 13.0 Å². The molecular formula is C10H14N2O. The van der Waals surface area contributed by atoms with E-state index >= 15 is 0 Å². The first-order valence-electron chi connectivity index (χ1n) is 4.45. The minimum absolute atomic E-state index is 0.0955. The summed E-state index contributed by atoms with van der Waals surface area (Å²) in [5.74, 6) is -0.0955. The van der Waals surface area contributed by atoms with E-state index in [0.717, 1.165) is 12.0 Å². The highest BCUT2D eigenvalue weighted by atomic mass is 16.1. The normalized spacial score (nSPS) is 9.69. The molecule has 0 atom stereocenters. The molecule has 3 nitrogen and oxygen atoms in total. The Balaban J connectivity index is 2.61. The van der Waals surface area contributed by atoms with Gasteiger partial charge in [-0.15, -0.1) is 0 Å². The van der Waals surface area contributed by atoms with Crippen LogP contribution in [0.15, 0.2) is 18.3 Å². The van der Waals surface area contributed by atoms with Crippen LogP contribution >= 0.6 is 0 Å². The maximum atomic E-state index is 11.3. The lowest BCUT2D eigenvalue weighted by Gasteiger charge is -2.01. The Kier molecular flexibility index (Phi) is 3.43. The van der Waals surface area contributed by atoms with Gasteiger partial charge in [0, 0.05) is 12.7 Å². The van der Waals surface area contributed by atoms with E-state index < -0.39 is 0 Å². The van der Waals surface area contributed by atoms with Crippen LogP contribution in [0.3, 0.4) is 0 Å². The molecule has 0 saturated heterocycles. The number of aromatic nitrogens is 1. The molecule has 0 aliphatic carbocycles. The predicted octanol–water partition coefficient (Wildman–Crippen LogP) is 1.53. The van der Waals surface area contributed by atoms with Crippen LogP contribution in [0.2, 0.25) is 0 Å². The van der Waals surface area contributed by atoms with Crippen molar-refractivity contribution < 1.29 is 4.79 Å². The largest absolute Gasteiger partial charge is 0.351 e. The van der Waals surface area contributed by atoms with E-state index in [1.807, 2.05) is 19.9 Å². The number of aryl methyl sites for hydroxylation is 1. The zero-order valence-electron chi connectivity index (χ0n) is 8.00. The molecule has 0 aliphatic heterocycles. The Morgan fingerprint density at radius 2 is 2.31 bits per heavy atom. The molecule has 1 heterocycles. The average Bonchev–Trinajstić information content (AvgIpc) is 2.15. The highest BCUT2D eigenvalue weighted by Crippen LogP contribution is 1.97. The van der Waals surface area contributed by atoms with Gasteiger partial charge in [0.1, 0.15) is 5.69 Å². The fourth-order valence-corrected chi connectivity index (χ4v) is 0.931. The number of hydrogen-bond acceptors (Lipinski definition) is 2. The highest BCUT2D eigenvalue weighted by Gasteiger charge is 2.03. The average molecular weight is 178 g/mol. The quantitative estimate of drug-likeness (QED) is 0.762. The standard InChI is InChI=1S/C10H14N2O/c1-3-6-11-10(13)9-5-4-8(2)7-12-9/h4-5,7H,3,6H2,1-2H3,(H,11,13). The first kappa shape index (κ1) is 9.71. The van der Waals surface area contributed by atoms with Gasteiger partial charge in [0.15, 0.2) is 0 Å². The van der Waals surface area contributed by atoms with E-state index in [1.54, 1.807) is 12.3 Å². The van der Waals surface area contributed by atoms with Crippen LogP contribution < -0.4 is 5.32 Å². The SMILES string of the molecule is CCCNC(=O)c1ccc(C)cn1. The van der Waals surface area contributed by atoms with Crippen LogP contribution in [0, 0.1) is 6.92 Å². The first-order valence-corrected chi connectivity index (χ1v) is 4.45. The van der Waals surface area contributed by atoms with Gasteiger partial charge in [0.2, 0.25) is 0 Å². The van der Waals surface area contributed by atoms with Crippen molar-refractivity contribution in [2.24, 2.45) is 0 Å². The predicted molar refractivity (Wildman–Crippen MR) is 51.6 cm³/mol. The molecule has 1 aromatic rings. The van der Waals surface area contributed by atoms with Gasteiger partial charge in [0.25, 0.3) is 5.91 Å². The van der Waals surface area contributed by atoms with Crippen molar-refractivity contribution in [2.75, 3.05) is 6.54 Å². The lowest BCUT2D eigenvalue weighted by Crippen LogP contribution is -2.24. The lowest BCUT2D eigenvalue weighted by molar-refractivity contribution is 0.0948. The third-order valence-electron chi connectivity index (χ3n) is 1.68. The topological polar surface area (TPSA) is 42.0 Å². The van der Waals surface area contributed by atoms with E-state index in [2.05, 4.69) is 10.3 Å². The summed E-state index contributed by atoms with van der Waals surface area (Å²) in [4.78, 5) is 15.4. The van der Waals surface area contributed by atoms with Gasteiger partial charge < -0.3 is 5.32 Å². The van der Waals surface area contributed by atoms with Gasteiger partial charge in [-0.3, -0.25) is 9.78 Å². The molecule has 0 spiro atoms. The van der Waals surface area contributed by atoms with Crippen molar-refractivity contribution >= 4 is 5.91 Å². The van der Waals surface area contributed by atoms with Crippen LogP contribution in [0.1, 0.15) is 29.4 Å². The number of carbonyl (C=O) groups excluding carboxylic acids is 1. The van der Waals surface area contributed by atoms with E-state index in [4.69, 9.17) is 0 Å². The van der Waals surface area contributed by atoms with E-state index in [-0.39, 0.29) is 5.91 Å².